The van der Waals surface area contributed by atoms with Crippen LogP contribution in [0.5, 0.6) is 0 Å². The third-order valence-corrected chi connectivity index (χ3v) is 3.49. The maximum atomic E-state index is 11.8. The van der Waals surface area contributed by atoms with E-state index in [1.165, 1.54) is 5.56 Å². The fourth-order valence-electron chi connectivity index (χ4n) is 1.78. The van der Waals surface area contributed by atoms with Gasteiger partial charge >= 0.3 is 0 Å². The first kappa shape index (κ1) is 16.1. The van der Waals surface area contributed by atoms with Crippen LogP contribution in [0.25, 0.3) is 0 Å². The molecule has 0 saturated heterocycles. The molecule has 0 spiro atoms. The van der Waals surface area contributed by atoms with Crippen LogP contribution in [0.4, 0.5) is 5.69 Å². The minimum atomic E-state index is 0.113. The van der Waals surface area contributed by atoms with Gasteiger partial charge in [-0.25, -0.2) is 0 Å². The predicted octanol–water partition coefficient (Wildman–Crippen LogP) is 3.27. The quantitative estimate of drug-likeness (QED) is 0.682. The van der Waals surface area contributed by atoms with Crippen molar-refractivity contribution in [3.63, 3.8) is 0 Å². The van der Waals surface area contributed by atoms with Crippen molar-refractivity contribution in [2.45, 2.75) is 32.7 Å². The van der Waals surface area contributed by atoms with Gasteiger partial charge in [-0.15, -0.1) is 0 Å². The van der Waals surface area contributed by atoms with Crippen LogP contribution in [0, 0.1) is 0 Å². The fraction of sp³-hybridized carbons (Fsp3) is 0.533. The zero-order valence-electron chi connectivity index (χ0n) is 11.9. The number of amides is 1. The Labute approximate surface area is 120 Å². The largest absolute Gasteiger partial charge is 0.326 e. The smallest absolute Gasteiger partial charge is 0.224 e. The van der Waals surface area contributed by atoms with Crippen molar-refractivity contribution in [3.05, 3.63) is 29.8 Å². The molecule has 4 heteroatoms. The van der Waals surface area contributed by atoms with E-state index in [2.05, 4.69) is 29.9 Å². The minimum Gasteiger partial charge on any atom is -0.326 e. The second kappa shape index (κ2) is 9.87. The maximum Gasteiger partial charge on any atom is 0.224 e. The summed E-state index contributed by atoms with van der Waals surface area (Å²) < 4.78 is 0. The van der Waals surface area contributed by atoms with Gasteiger partial charge in [0.15, 0.2) is 0 Å². The van der Waals surface area contributed by atoms with Crippen molar-refractivity contribution < 1.29 is 4.79 Å². The molecule has 0 bridgehead atoms. The summed E-state index contributed by atoms with van der Waals surface area (Å²) >= 11 is 1.83. The molecule has 1 aromatic rings. The molecule has 0 aliphatic carbocycles. The van der Waals surface area contributed by atoms with Crippen LogP contribution in [0.15, 0.2) is 24.3 Å². The molecule has 3 nitrogen and oxygen atoms in total. The molecule has 0 aliphatic rings. The van der Waals surface area contributed by atoms with Crippen molar-refractivity contribution >= 4 is 23.4 Å². The molecule has 0 fully saturated rings. The van der Waals surface area contributed by atoms with E-state index < -0.39 is 0 Å². The molecule has 0 aliphatic heterocycles. The van der Waals surface area contributed by atoms with Crippen LogP contribution in [-0.2, 0) is 11.3 Å². The Morgan fingerprint density at radius 3 is 2.89 bits per heavy atom. The van der Waals surface area contributed by atoms with Crippen LogP contribution in [-0.4, -0.2) is 24.5 Å². The summed E-state index contributed by atoms with van der Waals surface area (Å²) in [5.74, 6) is 1.24. The second-order valence-corrected chi connectivity index (χ2v) is 5.46. The van der Waals surface area contributed by atoms with Gasteiger partial charge in [-0.05, 0) is 49.1 Å². The van der Waals surface area contributed by atoms with E-state index in [4.69, 9.17) is 0 Å². The van der Waals surface area contributed by atoms with E-state index in [0.717, 1.165) is 37.4 Å². The molecule has 19 heavy (non-hydrogen) atoms. The molecule has 0 atom stereocenters. The lowest BCUT2D eigenvalue weighted by Crippen LogP contribution is -2.13. The minimum absolute atomic E-state index is 0.113. The monoisotopic (exact) mass is 280 g/mol. The molecule has 0 heterocycles. The van der Waals surface area contributed by atoms with Crippen molar-refractivity contribution in [2.75, 3.05) is 23.9 Å². The SMILES string of the molecule is CCNCc1cccc(NC(=O)CCCCSC)c1. The first-order valence-electron chi connectivity index (χ1n) is 6.84. The Balaban J connectivity index is 2.36. The number of thioether (sulfide) groups is 1. The highest BCUT2D eigenvalue weighted by atomic mass is 32.2. The summed E-state index contributed by atoms with van der Waals surface area (Å²) in [4.78, 5) is 11.8. The number of anilines is 1. The van der Waals surface area contributed by atoms with Gasteiger partial charge in [0.1, 0.15) is 0 Å². The van der Waals surface area contributed by atoms with E-state index >= 15 is 0 Å². The van der Waals surface area contributed by atoms with Gasteiger partial charge in [-0.1, -0.05) is 19.1 Å². The summed E-state index contributed by atoms with van der Waals surface area (Å²) in [5.41, 5.74) is 2.09. The average molecular weight is 280 g/mol. The number of benzene rings is 1. The number of hydrogen-bond acceptors (Lipinski definition) is 3. The number of unbranched alkanes of at least 4 members (excludes halogenated alkanes) is 1. The lowest BCUT2D eigenvalue weighted by Gasteiger charge is -2.08. The average Bonchev–Trinajstić information content (AvgIpc) is 2.42. The zero-order chi connectivity index (χ0) is 13.9. The molecule has 0 aromatic heterocycles. The molecule has 1 rings (SSSR count). The van der Waals surface area contributed by atoms with Crippen molar-refractivity contribution in [1.29, 1.82) is 0 Å². The maximum absolute atomic E-state index is 11.8. The van der Waals surface area contributed by atoms with Crippen molar-refractivity contribution in [1.82, 2.24) is 5.32 Å². The van der Waals surface area contributed by atoms with E-state index in [1.54, 1.807) is 0 Å². The first-order chi connectivity index (χ1) is 9.26. The molecule has 1 amide bonds. The summed E-state index contributed by atoms with van der Waals surface area (Å²) in [5, 5.41) is 6.24. The highest BCUT2D eigenvalue weighted by Gasteiger charge is 2.02. The van der Waals surface area contributed by atoms with Crippen molar-refractivity contribution in [2.24, 2.45) is 0 Å². The Bertz CT molecular complexity index is 382. The fourth-order valence-corrected chi connectivity index (χ4v) is 2.28. The summed E-state index contributed by atoms with van der Waals surface area (Å²) in [6.07, 6.45) is 4.77. The predicted molar refractivity (Wildman–Crippen MR) is 84.7 cm³/mol. The third-order valence-electron chi connectivity index (χ3n) is 2.79. The summed E-state index contributed by atoms with van der Waals surface area (Å²) in [6.45, 7) is 3.88. The third kappa shape index (κ3) is 7.23. The highest BCUT2D eigenvalue weighted by molar-refractivity contribution is 7.98. The van der Waals surface area contributed by atoms with E-state index in [0.29, 0.717) is 6.42 Å². The molecule has 0 unspecified atom stereocenters. The Morgan fingerprint density at radius 1 is 1.32 bits per heavy atom. The van der Waals surface area contributed by atoms with Crippen LogP contribution in [0.2, 0.25) is 0 Å². The van der Waals surface area contributed by atoms with Crippen LogP contribution in [0.1, 0.15) is 31.7 Å². The van der Waals surface area contributed by atoms with Crippen LogP contribution in [0.3, 0.4) is 0 Å². The van der Waals surface area contributed by atoms with Gasteiger partial charge in [-0.2, -0.15) is 11.8 Å². The zero-order valence-corrected chi connectivity index (χ0v) is 12.7. The Morgan fingerprint density at radius 2 is 2.16 bits per heavy atom. The number of rotatable bonds is 9. The molecule has 106 valence electrons. The lowest BCUT2D eigenvalue weighted by atomic mass is 10.2. The van der Waals surface area contributed by atoms with Gasteiger partial charge in [0.25, 0.3) is 0 Å². The van der Waals surface area contributed by atoms with Gasteiger partial charge < -0.3 is 10.6 Å². The standard InChI is InChI=1S/C15H24N2OS/c1-3-16-12-13-7-6-8-14(11-13)17-15(18)9-4-5-10-19-2/h6-8,11,16H,3-5,9-10,12H2,1-2H3,(H,17,18). The van der Waals surface area contributed by atoms with Gasteiger partial charge in [0.2, 0.25) is 5.91 Å². The number of hydrogen-bond donors (Lipinski definition) is 2. The topological polar surface area (TPSA) is 41.1 Å². The number of carbonyl (C=O) groups excluding carboxylic acids is 1. The molecule has 2 N–H and O–H groups in total. The molecular formula is C15H24N2OS. The number of nitrogens with one attached hydrogen (secondary N) is 2. The Hall–Kier alpha value is -1.00. The van der Waals surface area contributed by atoms with E-state index in [9.17, 15) is 4.79 Å². The van der Waals surface area contributed by atoms with E-state index in [-0.39, 0.29) is 5.91 Å². The van der Waals surface area contributed by atoms with Gasteiger partial charge in [0, 0.05) is 18.7 Å². The number of carbonyl (C=O) groups is 1. The molecule has 0 radical (unpaired) electrons. The van der Waals surface area contributed by atoms with Crippen LogP contribution < -0.4 is 10.6 Å². The molecule has 1 aromatic carbocycles. The highest BCUT2D eigenvalue weighted by Crippen LogP contribution is 2.12. The van der Waals surface area contributed by atoms with Gasteiger partial charge in [0.05, 0.1) is 0 Å². The van der Waals surface area contributed by atoms with Crippen LogP contribution >= 0.6 is 11.8 Å². The molecule has 0 saturated carbocycles. The lowest BCUT2D eigenvalue weighted by molar-refractivity contribution is -0.116. The normalized spacial score (nSPS) is 10.4. The summed E-state index contributed by atoms with van der Waals surface area (Å²) in [6, 6.07) is 8.02. The van der Waals surface area contributed by atoms with Gasteiger partial charge in [-0.3, -0.25) is 4.79 Å². The van der Waals surface area contributed by atoms with Crippen molar-refractivity contribution in [3.8, 4) is 0 Å². The van der Waals surface area contributed by atoms with E-state index in [1.807, 2.05) is 30.0 Å². The Kier molecular flexibility index (Phi) is 8.34. The molecular weight excluding hydrogens is 256 g/mol. The summed E-state index contributed by atoms with van der Waals surface area (Å²) in [7, 11) is 0. The first-order valence-corrected chi connectivity index (χ1v) is 8.24. The second-order valence-electron chi connectivity index (χ2n) is 4.48.